The van der Waals surface area contributed by atoms with Crippen molar-refractivity contribution >= 4 is 5.97 Å². The molecular formula is C11H19NO2. The predicted molar refractivity (Wildman–Crippen MR) is 54.2 cm³/mol. The second-order valence-electron chi connectivity index (χ2n) is 4.71. The minimum Gasteiger partial charge on any atom is -0.480 e. The molecule has 1 saturated carbocycles. The van der Waals surface area contributed by atoms with Crippen molar-refractivity contribution in [2.45, 2.75) is 50.6 Å². The second-order valence-corrected chi connectivity index (χ2v) is 4.71. The number of fused-ring (bicyclic) bond motifs is 1. The van der Waals surface area contributed by atoms with E-state index < -0.39 is 5.97 Å². The van der Waals surface area contributed by atoms with E-state index in [1.54, 1.807) is 0 Å². The lowest BCUT2D eigenvalue weighted by Gasteiger charge is -2.45. The van der Waals surface area contributed by atoms with Crippen molar-refractivity contribution in [3.8, 4) is 0 Å². The van der Waals surface area contributed by atoms with Gasteiger partial charge in [-0.1, -0.05) is 12.8 Å². The maximum atomic E-state index is 11.0. The van der Waals surface area contributed by atoms with Gasteiger partial charge in [0.1, 0.15) is 6.04 Å². The zero-order valence-electron chi connectivity index (χ0n) is 8.78. The summed E-state index contributed by atoms with van der Waals surface area (Å²) >= 11 is 0. The summed E-state index contributed by atoms with van der Waals surface area (Å²) in [5, 5.41) is 9.06. The van der Waals surface area contributed by atoms with Crippen LogP contribution in [0.5, 0.6) is 0 Å². The second kappa shape index (κ2) is 3.89. The summed E-state index contributed by atoms with van der Waals surface area (Å²) in [4.78, 5) is 13.1. The van der Waals surface area contributed by atoms with E-state index in [-0.39, 0.29) is 6.04 Å². The average molecular weight is 197 g/mol. The van der Waals surface area contributed by atoms with Crippen LogP contribution in [0.15, 0.2) is 0 Å². The Hall–Kier alpha value is -0.570. The van der Waals surface area contributed by atoms with Gasteiger partial charge in [-0.25, -0.2) is 0 Å². The van der Waals surface area contributed by atoms with E-state index in [0.29, 0.717) is 6.04 Å². The van der Waals surface area contributed by atoms with Gasteiger partial charge in [-0.05, 0) is 38.6 Å². The lowest BCUT2D eigenvalue weighted by molar-refractivity contribution is -0.146. The van der Waals surface area contributed by atoms with Crippen LogP contribution in [0.1, 0.15) is 38.5 Å². The van der Waals surface area contributed by atoms with E-state index in [4.69, 9.17) is 5.11 Å². The van der Waals surface area contributed by atoms with Gasteiger partial charge in [0, 0.05) is 6.04 Å². The van der Waals surface area contributed by atoms with Crippen LogP contribution in [-0.4, -0.2) is 35.1 Å². The van der Waals surface area contributed by atoms with Crippen LogP contribution in [-0.2, 0) is 4.79 Å². The first-order valence-corrected chi connectivity index (χ1v) is 5.65. The quantitative estimate of drug-likeness (QED) is 0.696. The molecule has 1 N–H and O–H groups in total. The summed E-state index contributed by atoms with van der Waals surface area (Å²) in [5.41, 5.74) is 0. The highest BCUT2D eigenvalue weighted by molar-refractivity contribution is 5.73. The Kier molecular flexibility index (Phi) is 2.77. The monoisotopic (exact) mass is 197 g/mol. The smallest absolute Gasteiger partial charge is 0.320 e. The number of aliphatic carboxylic acids is 1. The minimum atomic E-state index is -0.642. The average Bonchev–Trinajstić information content (AvgIpc) is 2.18. The van der Waals surface area contributed by atoms with Crippen LogP contribution in [0.25, 0.3) is 0 Å². The molecule has 0 bridgehead atoms. The molecule has 1 heterocycles. The first-order chi connectivity index (χ1) is 6.70. The first-order valence-electron chi connectivity index (χ1n) is 5.65. The minimum absolute atomic E-state index is 0.227. The lowest BCUT2D eigenvalue weighted by atomic mass is 9.76. The summed E-state index contributed by atoms with van der Waals surface area (Å²) in [5.74, 6) is 0.126. The largest absolute Gasteiger partial charge is 0.480 e. The number of carboxylic acids is 1. The van der Waals surface area contributed by atoms with Gasteiger partial charge >= 0.3 is 5.97 Å². The van der Waals surface area contributed by atoms with Crippen LogP contribution in [0, 0.1) is 5.92 Å². The summed E-state index contributed by atoms with van der Waals surface area (Å²) < 4.78 is 0. The van der Waals surface area contributed by atoms with Crippen LogP contribution in [0.4, 0.5) is 0 Å². The van der Waals surface area contributed by atoms with E-state index in [1.807, 2.05) is 7.05 Å². The summed E-state index contributed by atoms with van der Waals surface area (Å²) in [6.45, 7) is 0. The number of likely N-dealkylation sites (N-methyl/N-ethyl adjacent to an activating group) is 1. The molecule has 0 radical (unpaired) electrons. The zero-order chi connectivity index (χ0) is 10.1. The third kappa shape index (κ3) is 1.65. The number of likely N-dealkylation sites (tertiary alicyclic amines) is 1. The Morgan fingerprint density at radius 3 is 2.64 bits per heavy atom. The normalized spacial score (nSPS) is 39.1. The Morgan fingerprint density at radius 2 is 1.93 bits per heavy atom. The molecule has 3 unspecified atom stereocenters. The van der Waals surface area contributed by atoms with Crippen molar-refractivity contribution in [1.82, 2.24) is 4.90 Å². The molecule has 0 spiro atoms. The van der Waals surface area contributed by atoms with Crippen molar-refractivity contribution in [3.05, 3.63) is 0 Å². The highest BCUT2D eigenvalue weighted by Crippen LogP contribution is 2.36. The molecule has 0 amide bonds. The van der Waals surface area contributed by atoms with Gasteiger partial charge in [0.05, 0.1) is 0 Å². The molecule has 2 rings (SSSR count). The van der Waals surface area contributed by atoms with Crippen molar-refractivity contribution in [1.29, 1.82) is 0 Å². The zero-order valence-corrected chi connectivity index (χ0v) is 8.78. The molecule has 1 aliphatic carbocycles. The molecule has 0 aromatic heterocycles. The van der Waals surface area contributed by atoms with Crippen molar-refractivity contribution in [2.24, 2.45) is 5.92 Å². The molecule has 3 heteroatoms. The highest BCUT2D eigenvalue weighted by atomic mass is 16.4. The summed E-state index contributed by atoms with van der Waals surface area (Å²) in [6, 6.07) is 0.313. The number of hydrogen-bond acceptors (Lipinski definition) is 2. The first kappa shape index (κ1) is 9.97. The van der Waals surface area contributed by atoms with Gasteiger partial charge in [-0.3, -0.25) is 9.69 Å². The predicted octanol–water partition coefficient (Wildman–Crippen LogP) is 1.72. The molecule has 3 atom stereocenters. The fourth-order valence-corrected chi connectivity index (χ4v) is 3.17. The third-order valence-corrected chi connectivity index (χ3v) is 3.98. The number of rotatable bonds is 1. The molecule has 0 aromatic rings. The lowest BCUT2D eigenvalue weighted by Crippen LogP contribution is -2.52. The molecular weight excluding hydrogens is 178 g/mol. The number of hydrogen-bond donors (Lipinski definition) is 1. The highest BCUT2D eigenvalue weighted by Gasteiger charge is 2.38. The standard InChI is InChI=1S/C11H19NO2/c1-12-9-5-3-2-4-8(9)6-7-10(12)11(13)14/h8-10H,2-7H2,1H3,(H,13,14). The van der Waals surface area contributed by atoms with Gasteiger partial charge in [0.25, 0.3) is 0 Å². The number of carboxylic acid groups (broad SMARTS) is 1. The van der Waals surface area contributed by atoms with Crippen LogP contribution in [0.2, 0.25) is 0 Å². The van der Waals surface area contributed by atoms with Gasteiger partial charge < -0.3 is 5.11 Å². The van der Waals surface area contributed by atoms with Crippen molar-refractivity contribution < 1.29 is 9.90 Å². The molecule has 1 saturated heterocycles. The molecule has 1 aliphatic heterocycles. The van der Waals surface area contributed by atoms with Crippen molar-refractivity contribution in [2.75, 3.05) is 7.05 Å². The fourth-order valence-electron chi connectivity index (χ4n) is 3.17. The number of piperidine rings is 1. The van der Waals surface area contributed by atoms with E-state index >= 15 is 0 Å². The van der Waals surface area contributed by atoms with Crippen LogP contribution >= 0.6 is 0 Å². The number of carbonyl (C=O) groups is 1. The maximum absolute atomic E-state index is 11.0. The SMILES string of the molecule is CN1C(C(=O)O)CCC2CCCCC21. The molecule has 2 aliphatic rings. The molecule has 3 nitrogen and oxygen atoms in total. The topological polar surface area (TPSA) is 40.5 Å². The summed E-state index contributed by atoms with van der Waals surface area (Å²) in [7, 11) is 1.99. The van der Waals surface area contributed by atoms with Gasteiger partial charge in [0.2, 0.25) is 0 Å². The third-order valence-electron chi connectivity index (χ3n) is 3.98. The Balaban J connectivity index is 2.06. The van der Waals surface area contributed by atoms with Gasteiger partial charge in [0.15, 0.2) is 0 Å². The van der Waals surface area contributed by atoms with Gasteiger partial charge in [-0.15, -0.1) is 0 Å². The molecule has 2 fully saturated rings. The van der Waals surface area contributed by atoms with Gasteiger partial charge in [-0.2, -0.15) is 0 Å². The van der Waals surface area contributed by atoms with Crippen LogP contribution < -0.4 is 0 Å². The molecule has 14 heavy (non-hydrogen) atoms. The van der Waals surface area contributed by atoms with E-state index in [0.717, 1.165) is 18.8 Å². The summed E-state index contributed by atoms with van der Waals surface area (Å²) in [6.07, 6.45) is 7.08. The van der Waals surface area contributed by atoms with E-state index in [2.05, 4.69) is 4.90 Å². The molecule has 80 valence electrons. The maximum Gasteiger partial charge on any atom is 0.320 e. The Labute approximate surface area is 85.1 Å². The Morgan fingerprint density at radius 1 is 1.21 bits per heavy atom. The fraction of sp³-hybridized carbons (Fsp3) is 0.909. The van der Waals surface area contributed by atoms with E-state index in [1.165, 1.54) is 25.7 Å². The van der Waals surface area contributed by atoms with E-state index in [9.17, 15) is 4.79 Å². The Bertz CT molecular complexity index is 229. The molecule has 0 aromatic carbocycles. The number of nitrogens with zero attached hydrogens (tertiary/aromatic N) is 1. The van der Waals surface area contributed by atoms with Crippen LogP contribution in [0.3, 0.4) is 0 Å². The van der Waals surface area contributed by atoms with Crippen molar-refractivity contribution in [3.63, 3.8) is 0 Å².